The van der Waals surface area contributed by atoms with Gasteiger partial charge in [0.1, 0.15) is 0 Å². The third-order valence-electron chi connectivity index (χ3n) is 4.43. The van der Waals surface area contributed by atoms with E-state index in [4.69, 9.17) is 4.74 Å². The Balaban J connectivity index is 0.000000485. The number of carbonyl (C=O) groups is 2. The minimum Gasteiger partial charge on any atom is -0.466 e. The van der Waals surface area contributed by atoms with Crippen molar-refractivity contribution in [2.45, 2.75) is 86.5 Å². The van der Waals surface area contributed by atoms with Gasteiger partial charge in [-0.15, -0.1) is 0 Å². The molecule has 0 spiro atoms. The van der Waals surface area contributed by atoms with Crippen molar-refractivity contribution in [1.82, 2.24) is 0 Å². The molecule has 0 N–H and O–H groups in total. The average Bonchev–Trinajstić information content (AvgIpc) is 2.87. The quantitative estimate of drug-likeness (QED) is 0.355. The van der Waals surface area contributed by atoms with Crippen LogP contribution < -0.4 is 0 Å². The summed E-state index contributed by atoms with van der Waals surface area (Å²) in [4.78, 5) is 21.8. The van der Waals surface area contributed by atoms with E-state index in [0.717, 1.165) is 44.1 Å². The van der Waals surface area contributed by atoms with Gasteiger partial charge in [-0.1, -0.05) is 43.2 Å². The summed E-state index contributed by atoms with van der Waals surface area (Å²) in [5, 5.41) is 0. The molecular weight excluding hydrogens is 324 g/mol. The molecule has 0 aromatic heterocycles. The van der Waals surface area contributed by atoms with E-state index in [0.29, 0.717) is 18.3 Å². The topological polar surface area (TPSA) is 43.4 Å². The van der Waals surface area contributed by atoms with Crippen LogP contribution in [-0.4, -0.2) is 18.4 Å². The largest absolute Gasteiger partial charge is 0.466 e. The zero-order chi connectivity index (χ0) is 19.9. The van der Waals surface area contributed by atoms with E-state index in [1.807, 2.05) is 0 Å². The Morgan fingerprint density at radius 3 is 2.35 bits per heavy atom. The second-order valence-electron chi connectivity index (χ2n) is 7.36. The van der Waals surface area contributed by atoms with Gasteiger partial charge in [0.15, 0.2) is 5.78 Å². The maximum Gasteiger partial charge on any atom is 0.302 e. The number of esters is 1. The molecule has 0 heterocycles. The lowest BCUT2D eigenvalue weighted by Crippen LogP contribution is -2.05. The number of ether oxygens (including phenoxy) is 1. The molecule has 0 aromatic carbocycles. The first kappa shape index (κ1) is 24.4. The van der Waals surface area contributed by atoms with E-state index < -0.39 is 0 Å². The predicted octanol–water partition coefficient (Wildman–Crippen LogP) is 6.34. The average molecular weight is 363 g/mol. The Labute approximate surface area is 160 Å². The van der Waals surface area contributed by atoms with E-state index in [-0.39, 0.29) is 5.97 Å². The highest BCUT2D eigenvalue weighted by Crippen LogP contribution is 2.24. The van der Waals surface area contributed by atoms with Crippen molar-refractivity contribution in [3.8, 4) is 0 Å². The summed E-state index contributed by atoms with van der Waals surface area (Å²) in [5.74, 6) is 0.805. The predicted molar refractivity (Wildman–Crippen MR) is 110 cm³/mol. The van der Waals surface area contributed by atoms with E-state index >= 15 is 0 Å². The zero-order valence-electron chi connectivity index (χ0n) is 17.7. The van der Waals surface area contributed by atoms with Crippen molar-refractivity contribution < 1.29 is 14.3 Å². The lowest BCUT2D eigenvalue weighted by Gasteiger charge is -2.09. The molecule has 1 aliphatic carbocycles. The van der Waals surface area contributed by atoms with E-state index in [1.165, 1.54) is 24.5 Å². The molecule has 3 heteroatoms. The zero-order valence-corrected chi connectivity index (χ0v) is 17.7. The maximum absolute atomic E-state index is 11.3. The maximum atomic E-state index is 11.3. The van der Waals surface area contributed by atoms with Gasteiger partial charge >= 0.3 is 5.97 Å². The summed E-state index contributed by atoms with van der Waals surface area (Å²) in [6.07, 6.45) is 13.4. The van der Waals surface area contributed by atoms with Crippen LogP contribution in [0.2, 0.25) is 0 Å². The summed E-state index contributed by atoms with van der Waals surface area (Å²) < 4.78 is 4.89. The number of hydrogen-bond donors (Lipinski definition) is 0. The molecule has 0 saturated carbocycles. The Kier molecular flexibility index (Phi) is 13.6. The second-order valence-corrected chi connectivity index (χ2v) is 7.36. The van der Waals surface area contributed by atoms with Gasteiger partial charge in [-0.25, -0.2) is 0 Å². The minimum atomic E-state index is -0.179. The van der Waals surface area contributed by atoms with Crippen molar-refractivity contribution in [1.29, 1.82) is 0 Å². The summed E-state index contributed by atoms with van der Waals surface area (Å²) >= 11 is 0. The molecule has 0 aromatic rings. The number of ketones is 1. The molecule has 0 fully saturated rings. The van der Waals surface area contributed by atoms with Gasteiger partial charge in [-0.05, 0) is 70.8 Å². The summed E-state index contributed by atoms with van der Waals surface area (Å²) in [7, 11) is 0. The summed E-state index contributed by atoms with van der Waals surface area (Å²) in [6, 6.07) is 0. The normalized spacial score (nSPS) is 14.9. The fourth-order valence-corrected chi connectivity index (χ4v) is 2.70. The molecule has 3 nitrogen and oxygen atoms in total. The fraction of sp³-hybridized carbons (Fsp3) is 0.652. The first-order chi connectivity index (χ1) is 12.3. The molecule has 26 heavy (non-hydrogen) atoms. The van der Waals surface area contributed by atoms with Crippen molar-refractivity contribution >= 4 is 11.8 Å². The second kappa shape index (κ2) is 14.5. The van der Waals surface area contributed by atoms with Gasteiger partial charge < -0.3 is 4.74 Å². The van der Waals surface area contributed by atoms with Gasteiger partial charge in [-0.3, -0.25) is 9.59 Å². The van der Waals surface area contributed by atoms with Crippen LogP contribution in [0.1, 0.15) is 86.5 Å². The van der Waals surface area contributed by atoms with Crippen LogP contribution in [0.15, 0.2) is 34.9 Å². The highest BCUT2D eigenvalue weighted by Gasteiger charge is 2.17. The molecule has 0 aliphatic heterocycles. The monoisotopic (exact) mass is 362 g/mol. The van der Waals surface area contributed by atoms with Crippen LogP contribution in [0, 0.1) is 5.92 Å². The molecule has 0 bridgehead atoms. The first-order valence-corrected chi connectivity index (χ1v) is 9.91. The Hall–Kier alpha value is -1.64. The summed E-state index contributed by atoms with van der Waals surface area (Å²) in [5.41, 5.74) is 3.72. The van der Waals surface area contributed by atoms with E-state index in [1.54, 1.807) is 0 Å². The number of Topliss-reactive ketones (excluding diaryl/α,β-unsaturated/α-hetero) is 1. The van der Waals surface area contributed by atoms with Crippen LogP contribution in [0.4, 0.5) is 0 Å². The molecule has 1 unspecified atom stereocenters. The molecule has 0 saturated heterocycles. The summed E-state index contributed by atoms with van der Waals surface area (Å²) in [6.45, 7) is 12.6. The standard InChI is InChI=1S/C12H22O2.C11H16O/c1-10(2)6-5-7-11(3)8-9-14-12(4)13;1-3-4-5-6-10-9(2)7-8-11(10)12/h6,11H,5,7-9H2,1-4H3;4-5H,3,6-8H2,1-2H3/b;5-4+. The molecule has 148 valence electrons. The molecule has 1 atom stereocenters. The Morgan fingerprint density at radius 1 is 1.15 bits per heavy atom. The van der Waals surface area contributed by atoms with Crippen molar-refractivity contribution in [3.63, 3.8) is 0 Å². The lowest BCUT2D eigenvalue weighted by molar-refractivity contribution is -0.141. The van der Waals surface area contributed by atoms with Gasteiger partial charge in [-0.2, -0.15) is 0 Å². The van der Waals surface area contributed by atoms with Crippen LogP contribution in [-0.2, 0) is 14.3 Å². The highest BCUT2D eigenvalue weighted by atomic mass is 16.5. The van der Waals surface area contributed by atoms with Crippen molar-refractivity contribution in [2.24, 2.45) is 5.92 Å². The van der Waals surface area contributed by atoms with Crippen LogP contribution in [0.25, 0.3) is 0 Å². The van der Waals surface area contributed by atoms with Gasteiger partial charge in [0, 0.05) is 13.3 Å². The smallest absolute Gasteiger partial charge is 0.302 e. The Morgan fingerprint density at radius 2 is 1.85 bits per heavy atom. The minimum absolute atomic E-state index is 0.179. The molecular formula is C23H38O3. The van der Waals surface area contributed by atoms with Crippen molar-refractivity contribution in [2.75, 3.05) is 6.61 Å². The van der Waals surface area contributed by atoms with Gasteiger partial charge in [0.05, 0.1) is 6.61 Å². The SMILES string of the molecule is CC(=O)OCCC(C)CCC=C(C)C.CC/C=C/CC1=C(C)CCC1=O. The van der Waals surface area contributed by atoms with Crippen molar-refractivity contribution in [3.05, 3.63) is 34.9 Å². The van der Waals surface area contributed by atoms with Crippen LogP contribution >= 0.6 is 0 Å². The first-order valence-electron chi connectivity index (χ1n) is 9.91. The number of carbonyl (C=O) groups excluding carboxylic acids is 2. The molecule has 1 rings (SSSR count). The van der Waals surface area contributed by atoms with Gasteiger partial charge in [0.25, 0.3) is 0 Å². The van der Waals surface area contributed by atoms with Crippen LogP contribution in [0.3, 0.4) is 0 Å². The van der Waals surface area contributed by atoms with Crippen LogP contribution in [0.5, 0.6) is 0 Å². The lowest BCUT2D eigenvalue weighted by atomic mass is 10.0. The van der Waals surface area contributed by atoms with E-state index in [9.17, 15) is 9.59 Å². The molecule has 1 aliphatic rings. The number of hydrogen-bond acceptors (Lipinski definition) is 3. The number of allylic oxidation sites excluding steroid dienone is 6. The Bertz CT molecular complexity index is 520. The van der Waals surface area contributed by atoms with E-state index in [2.05, 4.69) is 52.8 Å². The third-order valence-corrected chi connectivity index (χ3v) is 4.43. The molecule has 0 amide bonds. The van der Waals surface area contributed by atoms with Gasteiger partial charge in [0.2, 0.25) is 0 Å². The fourth-order valence-electron chi connectivity index (χ4n) is 2.70. The number of rotatable bonds is 9. The highest BCUT2D eigenvalue weighted by molar-refractivity contribution is 5.98. The third kappa shape index (κ3) is 12.7. The molecule has 0 radical (unpaired) electrons.